The van der Waals surface area contributed by atoms with Gasteiger partial charge in [0.05, 0.1) is 7.11 Å². The molecule has 0 aliphatic carbocycles. The van der Waals surface area contributed by atoms with E-state index in [2.05, 4.69) is 16.6 Å². The Morgan fingerprint density at radius 3 is 2.50 bits per heavy atom. The average Bonchev–Trinajstić information content (AvgIpc) is 2.34. The lowest BCUT2D eigenvalue weighted by Gasteiger charge is -2.24. The number of rotatable bonds is 7. The number of carbonyl (C=O) groups excluding carboxylic acids is 2. The molecule has 0 radical (unpaired) electrons. The standard InChI is InChI=1S/C13H24N2O3/c1-6-7-8-9-15(4)13(17)14-11(10(2)3)12(16)18-5/h6,10-11H,1,7-9H2,2-5H3,(H,14,17)/t11-/m0/s1. The van der Waals surface area contributed by atoms with E-state index in [1.54, 1.807) is 11.9 Å². The zero-order valence-electron chi connectivity index (χ0n) is 11.7. The predicted molar refractivity (Wildman–Crippen MR) is 71.2 cm³/mol. The molecule has 0 unspecified atom stereocenters. The minimum absolute atomic E-state index is 0.0111. The summed E-state index contributed by atoms with van der Waals surface area (Å²) in [7, 11) is 3.02. The van der Waals surface area contributed by atoms with E-state index in [4.69, 9.17) is 0 Å². The molecule has 5 nitrogen and oxygen atoms in total. The number of allylic oxidation sites excluding steroid dienone is 1. The van der Waals surface area contributed by atoms with Gasteiger partial charge in [-0.1, -0.05) is 19.9 Å². The predicted octanol–water partition coefficient (Wildman–Crippen LogP) is 1.79. The number of esters is 1. The summed E-state index contributed by atoms with van der Waals surface area (Å²) in [5.74, 6) is -0.430. The van der Waals surface area contributed by atoms with Crippen molar-refractivity contribution in [3.05, 3.63) is 12.7 Å². The van der Waals surface area contributed by atoms with E-state index < -0.39 is 12.0 Å². The summed E-state index contributed by atoms with van der Waals surface area (Å²) in [6, 6.07) is -0.868. The van der Waals surface area contributed by atoms with E-state index >= 15 is 0 Å². The maximum Gasteiger partial charge on any atom is 0.328 e. The van der Waals surface area contributed by atoms with Crippen LogP contribution in [0.25, 0.3) is 0 Å². The third-order valence-corrected chi connectivity index (χ3v) is 2.65. The van der Waals surface area contributed by atoms with Crippen molar-refractivity contribution in [3.63, 3.8) is 0 Å². The molecule has 0 aromatic heterocycles. The molecule has 0 saturated carbocycles. The average molecular weight is 256 g/mol. The molecule has 0 spiro atoms. The number of nitrogens with one attached hydrogen (secondary N) is 1. The largest absolute Gasteiger partial charge is 0.467 e. The Labute approximate surface area is 109 Å². The van der Waals surface area contributed by atoms with Gasteiger partial charge >= 0.3 is 12.0 Å². The smallest absolute Gasteiger partial charge is 0.328 e. The highest BCUT2D eigenvalue weighted by molar-refractivity contribution is 5.83. The molecule has 0 rings (SSSR count). The number of hydrogen-bond donors (Lipinski definition) is 1. The SMILES string of the molecule is C=CCCCN(C)C(=O)N[C@H](C(=O)OC)C(C)C. The van der Waals surface area contributed by atoms with Crippen molar-refractivity contribution >= 4 is 12.0 Å². The molecule has 0 bridgehead atoms. The summed E-state index contributed by atoms with van der Waals surface area (Å²) >= 11 is 0. The summed E-state index contributed by atoms with van der Waals surface area (Å²) in [5, 5.41) is 2.68. The molecule has 0 heterocycles. The van der Waals surface area contributed by atoms with Gasteiger partial charge in [-0.2, -0.15) is 0 Å². The van der Waals surface area contributed by atoms with Crippen LogP contribution in [-0.4, -0.2) is 43.6 Å². The molecule has 5 heteroatoms. The van der Waals surface area contributed by atoms with Crippen molar-refractivity contribution in [1.29, 1.82) is 0 Å². The summed E-state index contributed by atoms with van der Waals surface area (Å²) in [5.41, 5.74) is 0. The Balaban J connectivity index is 4.32. The number of carbonyl (C=O) groups is 2. The van der Waals surface area contributed by atoms with Crippen LogP contribution in [0.5, 0.6) is 0 Å². The second-order valence-electron chi connectivity index (χ2n) is 4.55. The monoisotopic (exact) mass is 256 g/mol. The fourth-order valence-corrected chi connectivity index (χ4v) is 1.44. The molecular formula is C13H24N2O3. The maximum atomic E-state index is 11.9. The first-order valence-corrected chi connectivity index (χ1v) is 6.14. The zero-order valence-corrected chi connectivity index (χ0v) is 11.7. The van der Waals surface area contributed by atoms with Gasteiger partial charge in [0.15, 0.2) is 0 Å². The number of hydrogen-bond acceptors (Lipinski definition) is 3. The van der Waals surface area contributed by atoms with Gasteiger partial charge in [-0.25, -0.2) is 9.59 Å². The fourth-order valence-electron chi connectivity index (χ4n) is 1.44. The van der Waals surface area contributed by atoms with E-state index in [1.807, 2.05) is 19.9 Å². The normalized spacial score (nSPS) is 11.8. The second-order valence-corrected chi connectivity index (χ2v) is 4.55. The van der Waals surface area contributed by atoms with E-state index in [9.17, 15) is 9.59 Å². The van der Waals surface area contributed by atoms with Crippen molar-refractivity contribution in [2.45, 2.75) is 32.7 Å². The Bertz CT molecular complexity index is 290. The summed E-state index contributed by atoms with van der Waals surface area (Å²) in [6.07, 6.45) is 3.54. The summed E-state index contributed by atoms with van der Waals surface area (Å²) < 4.78 is 4.67. The van der Waals surface area contributed by atoms with E-state index in [0.29, 0.717) is 6.54 Å². The Morgan fingerprint density at radius 1 is 1.44 bits per heavy atom. The van der Waals surface area contributed by atoms with Crippen molar-refractivity contribution < 1.29 is 14.3 Å². The van der Waals surface area contributed by atoms with Gasteiger partial charge in [0.25, 0.3) is 0 Å². The second kappa shape index (κ2) is 8.55. The molecule has 0 saturated heterocycles. The zero-order chi connectivity index (χ0) is 14.1. The van der Waals surface area contributed by atoms with Crippen molar-refractivity contribution in [2.24, 2.45) is 5.92 Å². The van der Waals surface area contributed by atoms with E-state index in [-0.39, 0.29) is 11.9 Å². The molecule has 0 fully saturated rings. The number of ether oxygens (including phenoxy) is 1. The van der Waals surface area contributed by atoms with Gasteiger partial charge in [0.1, 0.15) is 6.04 Å². The molecule has 0 aromatic carbocycles. The lowest BCUT2D eigenvalue weighted by atomic mass is 10.1. The highest BCUT2D eigenvalue weighted by Crippen LogP contribution is 2.04. The van der Waals surface area contributed by atoms with Crippen LogP contribution in [0.4, 0.5) is 4.79 Å². The highest BCUT2D eigenvalue weighted by atomic mass is 16.5. The number of nitrogens with zero attached hydrogens (tertiary/aromatic N) is 1. The lowest BCUT2D eigenvalue weighted by molar-refractivity contribution is -0.144. The molecule has 1 atom stereocenters. The summed E-state index contributed by atoms with van der Waals surface area (Å²) in [4.78, 5) is 24.9. The van der Waals surface area contributed by atoms with Crippen LogP contribution in [0.15, 0.2) is 12.7 Å². The quantitative estimate of drug-likeness (QED) is 0.429. The number of amides is 2. The van der Waals surface area contributed by atoms with Gasteiger partial charge in [-0.15, -0.1) is 6.58 Å². The third kappa shape index (κ3) is 5.70. The van der Waals surface area contributed by atoms with Crippen molar-refractivity contribution in [3.8, 4) is 0 Å². The van der Waals surface area contributed by atoms with Crippen LogP contribution in [0.1, 0.15) is 26.7 Å². The van der Waals surface area contributed by atoms with Crippen LogP contribution < -0.4 is 5.32 Å². The van der Waals surface area contributed by atoms with Gasteiger partial charge in [0, 0.05) is 13.6 Å². The maximum absolute atomic E-state index is 11.9. The van der Waals surface area contributed by atoms with Crippen LogP contribution in [0.2, 0.25) is 0 Å². The van der Waals surface area contributed by atoms with Crippen LogP contribution >= 0.6 is 0 Å². The van der Waals surface area contributed by atoms with Gasteiger partial charge in [-0.05, 0) is 18.8 Å². The first kappa shape index (κ1) is 16.5. The van der Waals surface area contributed by atoms with Crippen molar-refractivity contribution in [1.82, 2.24) is 10.2 Å². The van der Waals surface area contributed by atoms with E-state index in [0.717, 1.165) is 12.8 Å². The van der Waals surface area contributed by atoms with Gasteiger partial charge < -0.3 is 15.0 Å². The van der Waals surface area contributed by atoms with Crippen LogP contribution in [0, 0.1) is 5.92 Å². The Hall–Kier alpha value is -1.52. The minimum Gasteiger partial charge on any atom is -0.467 e. The molecular weight excluding hydrogens is 232 g/mol. The Kier molecular flexibility index (Phi) is 7.83. The summed E-state index contributed by atoms with van der Waals surface area (Å²) in [6.45, 7) is 7.98. The number of methoxy groups -OCH3 is 1. The molecule has 0 aliphatic heterocycles. The molecule has 2 amide bonds. The Morgan fingerprint density at radius 2 is 2.06 bits per heavy atom. The topological polar surface area (TPSA) is 58.6 Å². The first-order chi connectivity index (χ1) is 8.43. The highest BCUT2D eigenvalue weighted by Gasteiger charge is 2.25. The fraction of sp³-hybridized carbons (Fsp3) is 0.692. The van der Waals surface area contributed by atoms with Crippen LogP contribution in [-0.2, 0) is 9.53 Å². The molecule has 1 N–H and O–H groups in total. The minimum atomic E-state index is -0.607. The molecule has 0 aromatic rings. The first-order valence-electron chi connectivity index (χ1n) is 6.14. The number of unbranched alkanes of at least 4 members (excludes halogenated alkanes) is 1. The number of urea groups is 1. The molecule has 18 heavy (non-hydrogen) atoms. The molecule has 104 valence electrons. The van der Waals surface area contributed by atoms with Gasteiger partial charge in [-0.3, -0.25) is 0 Å². The van der Waals surface area contributed by atoms with E-state index in [1.165, 1.54) is 7.11 Å². The van der Waals surface area contributed by atoms with Gasteiger partial charge in [0.2, 0.25) is 0 Å². The third-order valence-electron chi connectivity index (χ3n) is 2.65. The van der Waals surface area contributed by atoms with Crippen LogP contribution in [0.3, 0.4) is 0 Å². The van der Waals surface area contributed by atoms with Crippen molar-refractivity contribution in [2.75, 3.05) is 20.7 Å². The molecule has 0 aliphatic rings. The lowest BCUT2D eigenvalue weighted by Crippen LogP contribution is -2.49.